The zero-order valence-corrected chi connectivity index (χ0v) is 21.4. The molecule has 0 bridgehead atoms. The summed E-state index contributed by atoms with van der Waals surface area (Å²) in [7, 11) is 0. The minimum Gasteiger partial charge on any atom is -0.492 e. The molecule has 0 unspecified atom stereocenters. The van der Waals surface area contributed by atoms with Gasteiger partial charge in [-0.2, -0.15) is 5.26 Å². The molecule has 0 N–H and O–H groups in total. The monoisotopic (exact) mass is 476 g/mol. The Bertz CT molecular complexity index is 939. The van der Waals surface area contributed by atoms with Gasteiger partial charge in [0.25, 0.3) is 0 Å². The van der Waals surface area contributed by atoms with Gasteiger partial charge in [0.05, 0.1) is 35.9 Å². The Kier molecular flexibility index (Phi) is 10.6. The van der Waals surface area contributed by atoms with Crippen LogP contribution in [0.15, 0.2) is 42.6 Å². The Morgan fingerprint density at radius 2 is 1.66 bits per heavy atom. The van der Waals surface area contributed by atoms with Gasteiger partial charge in [-0.1, -0.05) is 52.4 Å². The van der Waals surface area contributed by atoms with Gasteiger partial charge in [-0.25, -0.2) is 0 Å². The molecule has 1 aliphatic rings. The second-order valence-corrected chi connectivity index (χ2v) is 9.86. The minimum absolute atomic E-state index is 0.127. The fourth-order valence-electron chi connectivity index (χ4n) is 4.75. The molecular weight excluding hydrogens is 436 g/mol. The Balaban J connectivity index is 1.47. The number of rotatable bonds is 13. The van der Waals surface area contributed by atoms with E-state index in [9.17, 15) is 10.1 Å². The normalized spacial score (nSPS) is 19.6. The number of esters is 1. The molecule has 1 aliphatic carbocycles. The summed E-state index contributed by atoms with van der Waals surface area (Å²) in [5, 5.41) is 9.81. The first-order chi connectivity index (χ1) is 17.1. The highest BCUT2D eigenvalue weighted by Gasteiger charge is 2.37. The number of aromatic nitrogens is 1. The number of hydrogen-bond acceptors (Lipinski definition) is 5. The largest absolute Gasteiger partial charge is 0.492 e. The van der Waals surface area contributed by atoms with Crippen molar-refractivity contribution in [3.63, 3.8) is 0 Å². The molecule has 1 aromatic carbocycles. The molecular formula is C30H40N2O3. The lowest BCUT2D eigenvalue weighted by atomic mass is 9.69. The van der Waals surface area contributed by atoms with Crippen LogP contribution in [0.1, 0.15) is 90.9 Å². The quantitative estimate of drug-likeness (QED) is 0.167. The van der Waals surface area contributed by atoms with Gasteiger partial charge in [0.2, 0.25) is 0 Å². The topological polar surface area (TPSA) is 72.2 Å². The van der Waals surface area contributed by atoms with Gasteiger partial charge in [0.15, 0.2) is 0 Å². The lowest BCUT2D eigenvalue weighted by Gasteiger charge is -2.34. The van der Waals surface area contributed by atoms with Crippen molar-refractivity contribution in [1.29, 1.82) is 5.26 Å². The van der Waals surface area contributed by atoms with Crippen molar-refractivity contribution in [3.8, 4) is 28.8 Å². The van der Waals surface area contributed by atoms with Crippen molar-refractivity contribution in [1.82, 2.24) is 4.98 Å². The van der Waals surface area contributed by atoms with Crippen LogP contribution < -0.4 is 9.47 Å². The van der Waals surface area contributed by atoms with Gasteiger partial charge < -0.3 is 9.47 Å². The lowest BCUT2D eigenvalue weighted by Crippen LogP contribution is -2.31. The molecule has 1 saturated carbocycles. The van der Waals surface area contributed by atoms with Crippen LogP contribution in [0, 0.1) is 22.7 Å². The van der Waals surface area contributed by atoms with Crippen LogP contribution >= 0.6 is 0 Å². The van der Waals surface area contributed by atoms with E-state index in [4.69, 9.17) is 9.47 Å². The highest BCUT2D eigenvalue weighted by atomic mass is 16.5. The summed E-state index contributed by atoms with van der Waals surface area (Å²) in [5.41, 5.74) is 1.55. The van der Waals surface area contributed by atoms with E-state index in [1.54, 1.807) is 6.20 Å². The van der Waals surface area contributed by atoms with E-state index in [-0.39, 0.29) is 17.3 Å². The summed E-state index contributed by atoms with van der Waals surface area (Å²) in [6.45, 7) is 5.05. The van der Waals surface area contributed by atoms with Crippen LogP contribution in [0.3, 0.4) is 0 Å². The van der Waals surface area contributed by atoms with E-state index in [1.807, 2.05) is 36.4 Å². The molecule has 1 fully saturated rings. The van der Waals surface area contributed by atoms with Crippen molar-refractivity contribution >= 4 is 5.97 Å². The molecule has 5 nitrogen and oxygen atoms in total. The predicted octanol–water partition coefficient (Wildman–Crippen LogP) is 7.89. The smallest absolute Gasteiger partial charge is 0.314 e. The molecule has 0 radical (unpaired) electrons. The third-order valence-electron chi connectivity index (χ3n) is 7.14. The second-order valence-electron chi connectivity index (χ2n) is 9.86. The predicted molar refractivity (Wildman–Crippen MR) is 139 cm³/mol. The first-order valence-electron chi connectivity index (χ1n) is 13.4. The van der Waals surface area contributed by atoms with Gasteiger partial charge in [-0.05, 0) is 74.9 Å². The number of nitrogens with zero attached hydrogens (tertiary/aromatic N) is 2. The zero-order chi connectivity index (χ0) is 24.9. The number of hydrogen-bond donors (Lipinski definition) is 0. The second kappa shape index (κ2) is 13.9. The molecule has 0 saturated heterocycles. The zero-order valence-electron chi connectivity index (χ0n) is 21.4. The Hall–Kier alpha value is -2.87. The summed E-state index contributed by atoms with van der Waals surface area (Å²) < 4.78 is 11.4. The number of carbonyl (C=O) groups excluding carboxylic acids is 1. The molecule has 1 heterocycles. The molecule has 2 aromatic rings. The first-order valence-corrected chi connectivity index (χ1v) is 13.4. The van der Waals surface area contributed by atoms with Crippen LogP contribution in [-0.4, -0.2) is 17.6 Å². The molecule has 0 atom stereocenters. The van der Waals surface area contributed by atoms with Crippen molar-refractivity contribution in [2.45, 2.75) is 90.9 Å². The van der Waals surface area contributed by atoms with Crippen molar-refractivity contribution in [2.75, 3.05) is 6.61 Å². The summed E-state index contributed by atoms with van der Waals surface area (Å²) >= 11 is 0. The van der Waals surface area contributed by atoms with E-state index in [2.05, 4.69) is 24.9 Å². The molecule has 1 aromatic heterocycles. The lowest BCUT2D eigenvalue weighted by molar-refractivity contribution is -0.140. The van der Waals surface area contributed by atoms with Gasteiger partial charge in [0, 0.05) is 5.56 Å². The number of benzene rings is 1. The Morgan fingerprint density at radius 1 is 0.971 bits per heavy atom. The number of unbranched alkanes of at least 4 members (excludes halogenated alkanes) is 5. The van der Waals surface area contributed by atoms with E-state index in [0.29, 0.717) is 12.4 Å². The summed E-state index contributed by atoms with van der Waals surface area (Å²) in [6, 6.07) is 13.9. The summed E-state index contributed by atoms with van der Waals surface area (Å²) in [5.74, 6) is 1.01. The SMILES string of the molecule is CCCCCCC[C@]1(C#N)CC[C@H](C(=O)Oc2ccc(-c3ccc(OCCCC)cn3)cc2)CC1. The molecule has 5 heteroatoms. The molecule has 188 valence electrons. The van der Waals surface area contributed by atoms with Gasteiger partial charge in [0.1, 0.15) is 11.5 Å². The maximum absolute atomic E-state index is 12.8. The fraction of sp³-hybridized carbons (Fsp3) is 0.567. The molecule has 0 aliphatic heterocycles. The molecule has 3 rings (SSSR count). The standard InChI is InChI=1S/C30H40N2O3/c1-3-5-7-8-9-18-30(23-31)19-16-25(17-20-30)29(33)35-26-12-10-24(11-13-26)28-15-14-27(22-32-28)34-21-6-4-2/h10-15,22,25H,3-9,16-21H2,1-2H3/t25-,30-. The van der Waals surface area contributed by atoms with Crippen molar-refractivity contribution < 1.29 is 14.3 Å². The first kappa shape index (κ1) is 26.7. The summed E-state index contributed by atoms with van der Waals surface area (Å²) in [6.07, 6.45) is 13.9. The molecule has 0 spiro atoms. The van der Waals surface area contributed by atoms with Crippen molar-refractivity contribution in [3.05, 3.63) is 42.6 Å². The van der Waals surface area contributed by atoms with Gasteiger partial charge >= 0.3 is 5.97 Å². The number of nitriles is 1. The number of pyridine rings is 1. The van der Waals surface area contributed by atoms with E-state index >= 15 is 0 Å². The maximum atomic E-state index is 12.8. The Labute approximate surface area is 210 Å². The van der Waals surface area contributed by atoms with Crippen molar-refractivity contribution in [2.24, 2.45) is 11.3 Å². The summed E-state index contributed by atoms with van der Waals surface area (Å²) in [4.78, 5) is 17.3. The molecule has 35 heavy (non-hydrogen) atoms. The number of carbonyl (C=O) groups is 1. The third kappa shape index (κ3) is 8.09. The molecule has 0 amide bonds. The highest BCUT2D eigenvalue weighted by Crippen LogP contribution is 2.42. The van der Waals surface area contributed by atoms with Gasteiger partial charge in [-0.15, -0.1) is 0 Å². The van der Waals surface area contributed by atoms with E-state index < -0.39 is 0 Å². The van der Waals surface area contributed by atoms with Crippen LogP contribution in [0.2, 0.25) is 0 Å². The third-order valence-corrected chi connectivity index (χ3v) is 7.14. The average molecular weight is 477 g/mol. The van der Waals surface area contributed by atoms with E-state index in [0.717, 1.165) is 68.4 Å². The fourth-order valence-corrected chi connectivity index (χ4v) is 4.75. The Morgan fingerprint density at radius 3 is 2.29 bits per heavy atom. The van der Waals surface area contributed by atoms with E-state index in [1.165, 1.54) is 25.7 Å². The van der Waals surface area contributed by atoms with Crippen LogP contribution in [0.4, 0.5) is 0 Å². The van der Waals surface area contributed by atoms with Crippen LogP contribution in [0.5, 0.6) is 11.5 Å². The maximum Gasteiger partial charge on any atom is 0.314 e. The average Bonchev–Trinajstić information content (AvgIpc) is 2.90. The highest BCUT2D eigenvalue weighted by molar-refractivity contribution is 5.75. The van der Waals surface area contributed by atoms with Crippen LogP contribution in [-0.2, 0) is 4.79 Å². The van der Waals surface area contributed by atoms with Gasteiger partial charge in [-0.3, -0.25) is 9.78 Å². The minimum atomic E-state index is -0.256. The number of ether oxygens (including phenoxy) is 2. The van der Waals surface area contributed by atoms with Crippen LogP contribution in [0.25, 0.3) is 11.3 Å².